The molecule has 1 atom stereocenters. The Labute approximate surface area is 137 Å². The van der Waals surface area contributed by atoms with Crippen molar-refractivity contribution in [2.24, 2.45) is 0 Å². The maximum absolute atomic E-state index is 11.7. The lowest BCUT2D eigenvalue weighted by atomic mass is 10.1. The predicted octanol–water partition coefficient (Wildman–Crippen LogP) is 1.59. The molecule has 6 nitrogen and oxygen atoms in total. The molecule has 0 radical (unpaired) electrons. The lowest BCUT2D eigenvalue weighted by Crippen LogP contribution is -2.41. The van der Waals surface area contributed by atoms with Gasteiger partial charge in [-0.2, -0.15) is 0 Å². The molecule has 2 aromatic rings. The predicted molar refractivity (Wildman–Crippen MR) is 87.7 cm³/mol. The third-order valence-electron chi connectivity index (χ3n) is 3.82. The van der Waals surface area contributed by atoms with Gasteiger partial charge in [-0.15, -0.1) is 11.8 Å². The number of hydrogen-bond donors (Lipinski definition) is 1. The van der Waals surface area contributed by atoms with E-state index in [0.717, 1.165) is 23.2 Å². The van der Waals surface area contributed by atoms with Crippen molar-refractivity contribution < 1.29 is 19.1 Å². The van der Waals surface area contributed by atoms with Crippen LogP contribution in [0, 0.1) is 0 Å². The molecular formula is C16H17NO5S. The van der Waals surface area contributed by atoms with Crippen LogP contribution >= 0.6 is 11.8 Å². The molecule has 1 saturated heterocycles. The van der Waals surface area contributed by atoms with E-state index in [1.165, 1.54) is 19.2 Å². The summed E-state index contributed by atoms with van der Waals surface area (Å²) < 4.78 is 9.95. The second-order valence-electron chi connectivity index (χ2n) is 5.39. The molecule has 2 heterocycles. The average Bonchev–Trinajstić information content (AvgIpc) is 2.53. The lowest BCUT2D eigenvalue weighted by Gasteiger charge is -2.31. The van der Waals surface area contributed by atoms with Crippen molar-refractivity contribution in [3.63, 3.8) is 0 Å². The summed E-state index contributed by atoms with van der Waals surface area (Å²) in [6.07, 6.45) is 0. The van der Waals surface area contributed by atoms with E-state index in [-0.39, 0.29) is 17.0 Å². The van der Waals surface area contributed by atoms with Gasteiger partial charge in [-0.05, 0) is 17.7 Å². The molecule has 0 bridgehead atoms. The molecule has 1 aromatic heterocycles. The highest BCUT2D eigenvalue weighted by Crippen LogP contribution is 2.25. The van der Waals surface area contributed by atoms with E-state index in [2.05, 4.69) is 4.90 Å². The highest BCUT2D eigenvalue weighted by molar-refractivity contribution is 8.00. The van der Waals surface area contributed by atoms with Crippen LogP contribution in [-0.4, -0.2) is 47.2 Å². The first kappa shape index (κ1) is 15.9. The fourth-order valence-corrected chi connectivity index (χ4v) is 3.91. The summed E-state index contributed by atoms with van der Waals surface area (Å²) in [5.41, 5.74) is 0.740. The highest BCUT2D eigenvalue weighted by atomic mass is 32.2. The zero-order valence-electron chi connectivity index (χ0n) is 12.7. The van der Waals surface area contributed by atoms with Crippen molar-refractivity contribution >= 4 is 28.7 Å². The van der Waals surface area contributed by atoms with E-state index >= 15 is 0 Å². The van der Waals surface area contributed by atoms with Crippen LogP contribution in [0.15, 0.2) is 33.5 Å². The van der Waals surface area contributed by atoms with E-state index in [9.17, 15) is 14.7 Å². The number of hydrogen-bond acceptors (Lipinski definition) is 7. The van der Waals surface area contributed by atoms with Crippen LogP contribution in [0.25, 0.3) is 11.0 Å². The van der Waals surface area contributed by atoms with Gasteiger partial charge in [0.1, 0.15) is 16.6 Å². The van der Waals surface area contributed by atoms with Crippen molar-refractivity contribution in [2.45, 2.75) is 11.8 Å². The van der Waals surface area contributed by atoms with Crippen LogP contribution < -0.4 is 5.63 Å². The molecule has 0 saturated carbocycles. The van der Waals surface area contributed by atoms with Crippen molar-refractivity contribution in [1.82, 2.24) is 4.90 Å². The third-order valence-corrected chi connectivity index (χ3v) is 4.98. The van der Waals surface area contributed by atoms with Gasteiger partial charge >= 0.3 is 11.6 Å². The number of rotatable bonds is 3. The highest BCUT2D eigenvalue weighted by Gasteiger charge is 2.27. The zero-order chi connectivity index (χ0) is 16.4. The topological polar surface area (TPSA) is 80.0 Å². The Hall–Kier alpha value is -1.99. The third kappa shape index (κ3) is 3.51. The summed E-state index contributed by atoms with van der Waals surface area (Å²) in [5.74, 6) is 0.667. The largest absolute Gasteiger partial charge is 0.508 e. The van der Waals surface area contributed by atoms with Gasteiger partial charge in [0.2, 0.25) is 0 Å². The maximum Gasteiger partial charge on any atom is 0.336 e. The summed E-state index contributed by atoms with van der Waals surface area (Å²) in [5, 5.41) is 10.1. The quantitative estimate of drug-likeness (QED) is 0.674. The van der Waals surface area contributed by atoms with Gasteiger partial charge in [0.15, 0.2) is 0 Å². The molecular weight excluding hydrogens is 318 g/mol. The average molecular weight is 335 g/mol. The first-order valence-electron chi connectivity index (χ1n) is 7.24. The maximum atomic E-state index is 11.7. The van der Waals surface area contributed by atoms with Crippen molar-refractivity contribution in [3.8, 4) is 5.75 Å². The van der Waals surface area contributed by atoms with Crippen molar-refractivity contribution in [3.05, 3.63) is 40.2 Å². The van der Waals surface area contributed by atoms with Crippen molar-refractivity contribution in [2.75, 3.05) is 26.0 Å². The Morgan fingerprint density at radius 2 is 2.30 bits per heavy atom. The standard InChI is InChI=1S/C16H17NO5S/c1-21-16(20)14-9-17(4-5-23-14)8-10-6-15(19)22-13-7-11(18)2-3-12(10)13/h2-3,6-7,14,18H,4-5,8-9H2,1H3/t14-/m1/s1. The summed E-state index contributed by atoms with van der Waals surface area (Å²) >= 11 is 1.59. The summed E-state index contributed by atoms with van der Waals surface area (Å²) in [4.78, 5) is 25.6. The Morgan fingerprint density at radius 1 is 1.48 bits per heavy atom. The van der Waals surface area contributed by atoms with Gasteiger partial charge < -0.3 is 14.3 Å². The number of aromatic hydroxyl groups is 1. The van der Waals surface area contributed by atoms with E-state index in [4.69, 9.17) is 9.15 Å². The molecule has 122 valence electrons. The number of phenolic OH excluding ortho intramolecular Hbond substituents is 1. The number of ether oxygens (including phenoxy) is 1. The molecule has 1 aliphatic heterocycles. The lowest BCUT2D eigenvalue weighted by molar-refractivity contribution is -0.140. The molecule has 7 heteroatoms. The van der Waals surface area contributed by atoms with Gasteiger partial charge in [-0.1, -0.05) is 0 Å². The summed E-state index contributed by atoms with van der Waals surface area (Å²) in [6.45, 7) is 1.95. The number of thioether (sulfide) groups is 1. The number of carbonyl (C=O) groups is 1. The minimum absolute atomic E-state index is 0.0536. The second kappa shape index (κ2) is 6.64. The smallest absolute Gasteiger partial charge is 0.336 e. The number of carbonyl (C=O) groups excluding carboxylic acids is 1. The van der Waals surface area contributed by atoms with Gasteiger partial charge in [0.05, 0.1) is 7.11 Å². The molecule has 0 spiro atoms. The number of benzene rings is 1. The van der Waals surface area contributed by atoms with Gasteiger partial charge in [-0.3, -0.25) is 9.69 Å². The number of phenols is 1. The number of fused-ring (bicyclic) bond motifs is 1. The van der Waals surface area contributed by atoms with E-state index < -0.39 is 5.63 Å². The summed E-state index contributed by atoms with van der Waals surface area (Å²) in [7, 11) is 1.39. The molecule has 0 aliphatic carbocycles. The Morgan fingerprint density at radius 3 is 3.09 bits per heavy atom. The molecule has 0 amide bonds. The first-order valence-corrected chi connectivity index (χ1v) is 8.29. The molecule has 23 heavy (non-hydrogen) atoms. The van der Waals surface area contributed by atoms with Crippen LogP contribution in [0.5, 0.6) is 5.75 Å². The molecule has 1 N–H and O–H groups in total. The summed E-state index contributed by atoms with van der Waals surface area (Å²) in [6, 6.07) is 6.20. The molecule has 0 unspecified atom stereocenters. The molecule has 3 rings (SSSR count). The minimum atomic E-state index is -0.450. The number of methoxy groups -OCH3 is 1. The normalized spacial score (nSPS) is 18.9. The molecule has 1 fully saturated rings. The van der Waals surface area contributed by atoms with E-state index in [1.807, 2.05) is 0 Å². The zero-order valence-corrected chi connectivity index (χ0v) is 13.5. The Bertz CT molecular complexity index is 788. The van der Waals surface area contributed by atoms with Crippen LogP contribution in [0.4, 0.5) is 0 Å². The van der Waals surface area contributed by atoms with Crippen LogP contribution in [0.1, 0.15) is 5.56 Å². The van der Waals surface area contributed by atoms with E-state index in [1.54, 1.807) is 23.9 Å². The number of nitrogens with zero attached hydrogens (tertiary/aromatic N) is 1. The van der Waals surface area contributed by atoms with E-state index in [0.29, 0.717) is 18.7 Å². The number of esters is 1. The van der Waals surface area contributed by atoms with Crippen molar-refractivity contribution in [1.29, 1.82) is 0 Å². The molecule has 1 aliphatic rings. The fourth-order valence-electron chi connectivity index (χ4n) is 2.71. The molecule has 1 aromatic carbocycles. The van der Waals surface area contributed by atoms with Crippen LogP contribution in [-0.2, 0) is 16.1 Å². The van der Waals surface area contributed by atoms with Gasteiger partial charge in [0.25, 0.3) is 0 Å². The minimum Gasteiger partial charge on any atom is -0.508 e. The fraction of sp³-hybridized carbons (Fsp3) is 0.375. The Kier molecular flexibility index (Phi) is 4.58. The first-order chi connectivity index (χ1) is 11.1. The van der Waals surface area contributed by atoms with Gasteiger partial charge in [-0.25, -0.2) is 4.79 Å². The van der Waals surface area contributed by atoms with Crippen LogP contribution in [0.2, 0.25) is 0 Å². The second-order valence-corrected chi connectivity index (χ2v) is 6.70. The van der Waals surface area contributed by atoms with Gasteiger partial charge in [0, 0.05) is 42.9 Å². The monoisotopic (exact) mass is 335 g/mol. The van der Waals surface area contributed by atoms with Crippen LogP contribution in [0.3, 0.4) is 0 Å². The Balaban J connectivity index is 1.86. The SMILES string of the molecule is COC(=O)[C@H]1CN(Cc2cc(=O)oc3cc(O)ccc23)CCS1.